The van der Waals surface area contributed by atoms with Gasteiger partial charge < -0.3 is 14.9 Å². The van der Waals surface area contributed by atoms with E-state index in [1.54, 1.807) is 7.11 Å². The third kappa shape index (κ3) is 3.46. The molecular formula is C13H17BrO4. The van der Waals surface area contributed by atoms with Gasteiger partial charge in [-0.15, -0.1) is 0 Å². The third-order valence-electron chi connectivity index (χ3n) is 2.88. The van der Waals surface area contributed by atoms with Crippen LogP contribution in [0.1, 0.15) is 25.8 Å². The molecule has 0 amide bonds. The van der Waals surface area contributed by atoms with Gasteiger partial charge in [-0.3, -0.25) is 0 Å². The molecule has 1 rings (SSSR count). The number of carbonyl (C=O) groups is 1. The molecule has 4 nitrogen and oxygen atoms in total. The van der Waals surface area contributed by atoms with Crippen molar-refractivity contribution in [2.45, 2.75) is 31.8 Å². The molecule has 0 aliphatic rings. The highest BCUT2D eigenvalue weighted by Gasteiger charge is 2.30. The first kappa shape index (κ1) is 15.0. The summed E-state index contributed by atoms with van der Waals surface area (Å²) in [7, 11) is 1.56. The van der Waals surface area contributed by atoms with E-state index in [4.69, 9.17) is 9.84 Å². The van der Waals surface area contributed by atoms with Crippen molar-refractivity contribution in [3.05, 3.63) is 28.2 Å². The van der Waals surface area contributed by atoms with Crippen LogP contribution in [0.4, 0.5) is 0 Å². The largest absolute Gasteiger partial charge is 0.496 e. The summed E-state index contributed by atoms with van der Waals surface area (Å²) in [4.78, 5) is 10.7. The molecule has 1 unspecified atom stereocenters. The van der Waals surface area contributed by atoms with Gasteiger partial charge in [-0.2, -0.15) is 0 Å². The topological polar surface area (TPSA) is 66.8 Å². The fourth-order valence-electron chi connectivity index (χ4n) is 1.90. The minimum atomic E-state index is -1.38. The summed E-state index contributed by atoms with van der Waals surface area (Å²) < 4.78 is 6.18. The number of hydrogen-bond donors (Lipinski definition) is 2. The van der Waals surface area contributed by atoms with E-state index in [1.165, 1.54) is 0 Å². The highest BCUT2D eigenvalue weighted by atomic mass is 79.9. The molecule has 1 aromatic carbocycles. The van der Waals surface area contributed by atoms with Crippen molar-refractivity contribution in [2.24, 2.45) is 0 Å². The Morgan fingerprint density at radius 3 is 2.61 bits per heavy atom. The third-order valence-corrected chi connectivity index (χ3v) is 3.37. The fourth-order valence-corrected chi connectivity index (χ4v) is 2.24. The summed E-state index contributed by atoms with van der Waals surface area (Å²) in [6, 6.07) is 5.56. The van der Waals surface area contributed by atoms with Crippen LogP contribution in [0.5, 0.6) is 5.75 Å². The average Bonchev–Trinajstić information content (AvgIpc) is 2.27. The molecule has 0 saturated carbocycles. The number of ether oxygens (including phenoxy) is 1. The molecule has 5 heteroatoms. The van der Waals surface area contributed by atoms with Gasteiger partial charge in [0.25, 0.3) is 0 Å². The maximum absolute atomic E-state index is 10.7. The van der Waals surface area contributed by atoms with Crippen molar-refractivity contribution in [2.75, 3.05) is 7.11 Å². The van der Waals surface area contributed by atoms with E-state index in [1.807, 2.05) is 32.0 Å². The van der Waals surface area contributed by atoms with E-state index in [0.717, 1.165) is 10.0 Å². The number of carboxylic acids is 1. The molecule has 18 heavy (non-hydrogen) atoms. The molecule has 0 aliphatic carbocycles. The first-order valence-electron chi connectivity index (χ1n) is 5.53. The van der Waals surface area contributed by atoms with Gasteiger partial charge in [0.1, 0.15) is 5.75 Å². The lowest BCUT2D eigenvalue weighted by molar-refractivity contribution is -0.147. The van der Waals surface area contributed by atoms with E-state index in [9.17, 15) is 9.90 Å². The van der Waals surface area contributed by atoms with Crippen LogP contribution in [0, 0.1) is 0 Å². The number of aliphatic hydroxyl groups excluding tert-OH is 1. The Morgan fingerprint density at radius 1 is 1.50 bits per heavy atom. The van der Waals surface area contributed by atoms with Crippen molar-refractivity contribution in [1.82, 2.24) is 0 Å². The van der Waals surface area contributed by atoms with Crippen molar-refractivity contribution in [3.63, 3.8) is 0 Å². The SMILES string of the molecule is COc1cc(Br)ccc1C(C)(C)CC(O)C(=O)O. The van der Waals surface area contributed by atoms with Crippen LogP contribution in [0.2, 0.25) is 0 Å². The first-order valence-corrected chi connectivity index (χ1v) is 6.32. The normalized spacial score (nSPS) is 13.2. The van der Waals surface area contributed by atoms with Gasteiger partial charge >= 0.3 is 5.97 Å². The molecule has 0 saturated heterocycles. The van der Waals surface area contributed by atoms with Gasteiger partial charge in [0.05, 0.1) is 7.11 Å². The molecule has 0 aromatic heterocycles. The molecule has 0 aliphatic heterocycles. The van der Waals surface area contributed by atoms with E-state index in [-0.39, 0.29) is 6.42 Å². The second kappa shape index (κ2) is 5.71. The Labute approximate surface area is 115 Å². The second-order valence-electron chi connectivity index (χ2n) is 4.79. The number of rotatable bonds is 5. The lowest BCUT2D eigenvalue weighted by Crippen LogP contribution is -2.30. The number of benzene rings is 1. The van der Waals surface area contributed by atoms with E-state index < -0.39 is 17.5 Å². The van der Waals surface area contributed by atoms with Gasteiger partial charge in [-0.25, -0.2) is 4.79 Å². The highest BCUT2D eigenvalue weighted by molar-refractivity contribution is 9.10. The quantitative estimate of drug-likeness (QED) is 0.876. The predicted molar refractivity (Wildman–Crippen MR) is 72.0 cm³/mol. The van der Waals surface area contributed by atoms with Crippen molar-refractivity contribution in [3.8, 4) is 5.75 Å². The van der Waals surface area contributed by atoms with Crippen LogP contribution in [-0.4, -0.2) is 29.4 Å². The number of methoxy groups -OCH3 is 1. The van der Waals surface area contributed by atoms with Crippen LogP contribution in [-0.2, 0) is 10.2 Å². The Balaban J connectivity index is 3.07. The van der Waals surface area contributed by atoms with Crippen LogP contribution in [0.25, 0.3) is 0 Å². The van der Waals surface area contributed by atoms with Crippen molar-refractivity contribution >= 4 is 21.9 Å². The van der Waals surface area contributed by atoms with Gasteiger partial charge in [-0.05, 0) is 29.5 Å². The van der Waals surface area contributed by atoms with Crippen LogP contribution in [0.3, 0.4) is 0 Å². The summed E-state index contributed by atoms with van der Waals surface area (Å²) in [6.45, 7) is 3.76. The van der Waals surface area contributed by atoms with Crippen LogP contribution < -0.4 is 4.74 Å². The summed E-state index contributed by atoms with van der Waals surface area (Å²) in [6.07, 6.45) is -1.26. The number of halogens is 1. The lowest BCUT2D eigenvalue weighted by Gasteiger charge is -2.28. The first-order chi connectivity index (χ1) is 8.27. The molecule has 2 N–H and O–H groups in total. The fraction of sp³-hybridized carbons (Fsp3) is 0.462. The average molecular weight is 317 g/mol. The zero-order valence-corrected chi connectivity index (χ0v) is 12.2. The van der Waals surface area contributed by atoms with Crippen molar-refractivity contribution < 1.29 is 19.7 Å². The second-order valence-corrected chi connectivity index (χ2v) is 5.70. The lowest BCUT2D eigenvalue weighted by atomic mass is 9.79. The molecule has 100 valence electrons. The van der Waals surface area contributed by atoms with E-state index in [2.05, 4.69) is 15.9 Å². The zero-order valence-electron chi connectivity index (χ0n) is 10.6. The molecule has 0 bridgehead atoms. The molecule has 0 heterocycles. The summed E-state index contributed by atoms with van der Waals surface area (Å²) >= 11 is 3.35. The zero-order chi connectivity index (χ0) is 13.9. The van der Waals surface area contributed by atoms with Crippen LogP contribution in [0.15, 0.2) is 22.7 Å². The predicted octanol–water partition coefficient (Wildman–Crippen LogP) is 2.57. The molecule has 1 aromatic rings. The molecular weight excluding hydrogens is 300 g/mol. The Kier molecular flexibility index (Phi) is 4.76. The number of aliphatic hydroxyl groups is 1. The smallest absolute Gasteiger partial charge is 0.332 e. The summed E-state index contributed by atoms with van der Waals surface area (Å²) in [5.41, 5.74) is 0.373. The van der Waals surface area contributed by atoms with E-state index >= 15 is 0 Å². The van der Waals surface area contributed by atoms with Gasteiger partial charge in [0.2, 0.25) is 0 Å². The summed E-state index contributed by atoms with van der Waals surface area (Å²) in [5, 5.41) is 18.3. The molecule has 0 fully saturated rings. The Morgan fingerprint density at radius 2 is 2.11 bits per heavy atom. The van der Waals surface area contributed by atoms with Gasteiger partial charge in [-0.1, -0.05) is 35.8 Å². The maximum atomic E-state index is 10.7. The van der Waals surface area contributed by atoms with E-state index in [0.29, 0.717) is 5.75 Å². The number of hydrogen-bond acceptors (Lipinski definition) is 3. The molecule has 1 atom stereocenters. The minimum absolute atomic E-state index is 0.125. The Hall–Kier alpha value is -1.07. The standard InChI is InChI=1S/C13H17BrO4/c1-13(2,7-10(15)12(16)17)9-5-4-8(14)6-11(9)18-3/h4-6,10,15H,7H2,1-3H3,(H,16,17). The van der Waals surface area contributed by atoms with Crippen LogP contribution >= 0.6 is 15.9 Å². The number of carboxylic acid groups (broad SMARTS) is 1. The monoisotopic (exact) mass is 316 g/mol. The highest BCUT2D eigenvalue weighted by Crippen LogP contribution is 2.36. The summed E-state index contributed by atoms with van der Waals surface area (Å²) in [5.74, 6) is -0.536. The van der Waals surface area contributed by atoms with Gasteiger partial charge in [0, 0.05) is 4.47 Å². The van der Waals surface area contributed by atoms with Crippen molar-refractivity contribution in [1.29, 1.82) is 0 Å². The maximum Gasteiger partial charge on any atom is 0.332 e. The van der Waals surface area contributed by atoms with Gasteiger partial charge in [0.15, 0.2) is 6.10 Å². The Bertz CT molecular complexity index is 443. The molecule has 0 radical (unpaired) electrons. The number of aliphatic carboxylic acids is 1. The minimum Gasteiger partial charge on any atom is -0.496 e. The molecule has 0 spiro atoms.